The van der Waals surface area contributed by atoms with Crippen molar-refractivity contribution in [3.63, 3.8) is 0 Å². The number of rotatable bonds is 8. The van der Waals surface area contributed by atoms with E-state index >= 15 is 0 Å². The molecule has 12 heteroatoms. The van der Waals surface area contributed by atoms with Crippen LogP contribution in [-0.4, -0.2) is 19.9 Å². The van der Waals surface area contributed by atoms with Crippen LogP contribution in [0.5, 0.6) is 0 Å². The van der Waals surface area contributed by atoms with Gasteiger partial charge in [0.1, 0.15) is 45.5 Å². The predicted octanol–water partition coefficient (Wildman–Crippen LogP) is 19.4. The lowest BCUT2D eigenvalue weighted by atomic mass is 9.85. The average molecular weight is 1510 g/mol. The summed E-state index contributed by atoms with van der Waals surface area (Å²) in [4.78, 5) is 18.8. The predicted molar refractivity (Wildman–Crippen MR) is 464 cm³/mol. The maximum absolute atomic E-state index is 4.78. The third kappa shape index (κ3) is 14.9. The van der Waals surface area contributed by atoms with Crippen molar-refractivity contribution in [3.8, 4) is 45.5 Å². The van der Waals surface area contributed by atoms with E-state index in [1.807, 2.05) is 49.6 Å². The van der Waals surface area contributed by atoms with Gasteiger partial charge in [0.25, 0.3) is 25.3 Å². The topological polar surface area (TPSA) is 82.6 Å². The monoisotopic (exact) mass is 1510 g/mol. The van der Waals surface area contributed by atoms with Gasteiger partial charge in [-0.25, -0.2) is 0 Å². The van der Waals surface area contributed by atoms with Crippen LogP contribution in [0.1, 0.15) is 111 Å². The first kappa shape index (κ1) is 77.0. The Morgan fingerprint density at radius 2 is 0.600 bits per heavy atom. The smallest absolute Gasteiger partial charge is 0.199 e. The van der Waals surface area contributed by atoms with Gasteiger partial charge in [0.05, 0.1) is 43.8 Å². The maximum Gasteiger partial charge on any atom is 0.292 e. The number of aryl methyl sites for hydroxylation is 11. The van der Waals surface area contributed by atoms with E-state index in [9.17, 15) is 0 Å². The van der Waals surface area contributed by atoms with Crippen LogP contribution >= 0.6 is 0 Å². The van der Waals surface area contributed by atoms with Gasteiger partial charge in [0, 0.05) is 111 Å². The number of pyridine rings is 4. The third-order valence-electron chi connectivity index (χ3n) is 23.0. The van der Waals surface area contributed by atoms with Crippen LogP contribution in [0.3, 0.4) is 0 Å². The Kier molecular flexibility index (Phi) is 21.5. The van der Waals surface area contributed by atoms with Gasteiger partial charge in [-0.15, -0.1) is 0 Å². The van der Waals surface area contributed by atoms with Crippen molar-refractivity contribution in [1.29, 1.82) is 0 Å². The SMILES string of the molecule is Cc1c(-[n+]2cnc3ccccc3c2C)cc(C(C)(C)C)cc1-[n+]1c(C)ccc2ccccc21.Cc1c(-[n+]2cnc3ccccc3c2C)cccc1-[n+]1c(C)ccc2ccccc21.Cc1cc(-[n+]2ccccc2C)c(C)c(-[n+]2cnc3ccccc3c2C)c1.Cc1cc(C)c(-[n+]2cnc3ccccc3c2C)c(C)c1-[n+]1ccccc1C. The zero-order chi connectivity index (χ0) is 80.7. The van der Waals surface area contributed by atoms with Gasteiger partial charge in [0.2, 0.25) is 33.8 Å². The number of para-hydroxylation sites is 6. The first-order valence-corrected chi connectivity index (χ1v) is 39.7. The molecule has 12 nitrogen and oxygen atoms in total. The number of benzene rings is 10. The molecule has 0 aliphatic carbocycles. The molecule has 0 radical (unpaired) electrons. The molecule has 8 heterocycles. The van der Waals surface area contributed by atoms with Crippen molar-refractivity contribution in [2.45, 2.75) is 130 Å². The Morgan fingerprint density at radius 1 is 0.252 bits per heavy atom. The molecule has 0 aliphatic heterocycles. The number of fused-ring (bicyclic) bond motifs is 6. The fourth-order valence-electron chi connectivity index (χ4n) is 16.6. The molecule has 8 aromatic heterocycles. The maximum atomic E-state index is 4.78. The van der Waals surface area contributed by atoms with E-state index in [2.05, 4.69) is 414 Å². The second kappa shape index (κ2) is 32.0. The molecule has 0 fully saturated rings. The number of nitrogens with zero attached hydrogens (tertiary/aromatic N) is 12. The molecule has 0 N–H and O–H groups in total. The average Bonchev–Trinajstić information content (AvgIpc) is 0.765. The molecule has 18 rings (SSSR count). The highest BCUT2D eigenvalue weighted by Gasteiger charge is 2.31. The Labute approximate surface area is 675 Å². The molecule has 0 saturated heterocycles. The molecule has 0 aliphatic rings. The minimum Gasteiger partial charge on any atom is -0.199 e. The first-order chi connectivity index (χ1) is 55.4. The molecular formula is C103H102N12+8. The van der Waals surface area contributed by atoms with Gasteiger partial charge in [0.15, 0.2) is 57.2 Å². The van der Waals surface area contributed by atoms with Crippen LogP contribution in [0, 0.1) is 104 Å². The second-order valence-electron chi connectivity index (χ2n) is 31.6. The summed E-state index contributed by atoms with van der Waals surface area (Å²) in [7, 11) is 0. The zero-order valence-corrected chi connectivity index (χ0v) is 69.6. The van der Waals surface area contributed by atoms with Crippen LogP contribution in [-0.2, 0) is 5.41 Å². The van der Waals surface area contributed by atoms with Crippen LogP contribution in [0.15, 0.2) is 292 Å². The molecule has 0 bridgehead atoms. The fourth-order valence-corrected chi connectivity index (χ4v) is 16.6. The number of hydrogen-bond acceptors (Lipinski definition) is 4. The van der Waals surface area contributed by atoms with E-state index in [-0.39, 0.29) is 5.41 Å². The molecule has 0 unspecified atom stereocenters. The summed E-state index contributed by atoms with van der Waals surface area (Å²) in [6, 6.07) is 89.8. The van der Waals surface area contributed by atoms with E-state index in [1.54, 1.807) is 0 Å². The molecule has 566 valence electrons. The minimum atomic E-state index is 0.00892. The molecule has 0 spiro atoms. The fraction of sp³-hybridized carbons (Fsp3) is 0.184. The van der Waals surface area contributed by atoms with E-state index in [4.69, 9.17) is 9.97 Å². The van der Waals surface area contributed by atoms with Gasteiger partial charge in [-0.1, -0.05) is 112 Å². The summed E-state index contributed by atoms with van der Waals surface area (Å²) >= 11 is 0. The van der Waals surface area contributed by atoms with E-state index in [1.165, 1.54) is 173 Å². The van der Waals surface area contributed by atoms with Crippen molar-refractivity contribution >= 4 is 65.4 Å². The lowest BCUT2D eigenvalue weighted by Gasteiger charge is -2.21. The number of aromatic nitrogens is 12. The summed E-state index contributed by atoms with van der Waals surface area (Å²) in [5, 5.41) is 7.19. The van der Waals surface area contributed by atoms with Gasteiger partial charge in [-0.05, 0) is 215 Å². The van der Waals surface area contributed by atoms with Crippen molar-refractivity contribution in [2.24, 2.45) is 0 Å². The normalized spacial score (nSPS) is 11.4. The molecule has 0 saturated carbocycles. The number of hydrogen-bond donors (Lipinski definition) is 0. The molecule has 115 heavy (non-hydrogen) atoms. The summed E-state index contributed by atoms with van der Waals surface area (Å²) in [5.74, 6) is 0. The van der Waals surface area contributed by atoms with Crippen LogP contribution in [0.4, 0.5) is 0 Å². The van der Waals surface area contributed by atoms with Crippen molar-refractivity contribution in [1.82, 2.24) is 19.9 Å². The summed E-state index contributed by atoms with van der Waals surface area (Å²) in [5.41, 5.74) is 35.8. The largest absolute Gasteiger partial charge is 0.292 e. The standard InChI is InChI=1S/C30H31N3.C26H23N3.C24H25N3.C23H23N3/c1-20-15-16-23-11-7-10-14-27(23)33(20)29-18-24(30(4,5)6)17-28(21(29)2)32-19-31-26-13-9-8-12-25(26)22(32)3;1-18-15-16-21-9-4-7-12-26(21)29(18)25-14-8-13-24(19(25)2)28-17-27-23-11-6-5-10-22(23)20(28)3;1-16-14-17(2)24(19(4)23(16)26-13-9-8-10-18(26)3)27-15-25-22-12-7-6-11-21(22)20(27)5;1-16-13-22(25-12-8-7-9-17(25)2)18(3)23(14-16)26-15-24-21-11-6-5-10-20(21)19(26)4/h7-19H,1-6H3;4-17H,1-3H3;6-15H,1-5H3;5-15H,1-4H3/q4*+2. The van der Waals surface area contributed by atoms with Gasteiger partial charge >= 0.3 is 0 Å². The highest BCUT2D eigenvalue weighted by atomic mass is 15.1. The van der Waals surface area contributed by atoms with E-state index < -0.39 is 0 Å². The lowest BCUT2D eigenvalue weighted by molar-refractivity contribution is -0.613. The molecule has 18 aromatic rings. The molecule has 10 aromatic carbocycles. The van der Waals surface area contributed by atoms with Gasteiger partial charge in [-0.2, -0.15) is 36.5 Å². The van der Waals surface area contributed by atoms with Crippen LogP contribution in [0.2, 0.25) is 0 Å². The summed E-state index contributed by atoms with van der Waals surface area (Å²) < 4.78 is 18.1. The lowest BCUT2D eigenvalue weighted by Crippen LogP contribution is -2.41. The second-order valence-corrected chi connectivity index (χ2v) is 31.6. The van der Waals surface area contributed by atoms with Crippen LogP contribution < -0.4 is 36.5 Å². The summed E-state index contributed by atoms with van der Waals surface area (Å²) in [6.45, 7) is 39.5. The Hall–Kier alpha value is -13.3. The van der Waals surface area contributed by atoms with Crippen LogP contribution in [0.25, 0.3) is 111 Å². The zero-order valence-electron chi connectivity index (χ0n) is 69.6. The first-order valence-electron chi connectivity index (χ1n) is 39.7. The van der Waals surface area contributed by atoms with Gasteiger partial charge < -0.3 is 0 Å². The van der Waals surface area contributed by atoms with E-state index in [0.29, 0.717) is 0 Å². The Morgan fingerprint density at radius 3 is 1.07 bits per heavy atom. The Bertz CT molecular complexity index is 6850. The van der Waals surface area contributed by atoms with E-state index in [0.717, 1.165) is 27.8 Å². The van der Waals surface area contributed by atoms with Crippen molar-refractivity contribution in [2.75, 3.05) is 0 Å². The third-order valence-corrected chi connectivity index (χ3v) is 23.0. The molecule has 0 atom stereocenters. The van der Waals surface area contributed by atoms with Gasteiger partial charge in [-0.3, -0.25) is 0 Å². The quantitative estimate of drug-likeness (QED) is 0.142. The summed E-state index contributed by atoms with van der Waals surface area (Å²) in [6.07, 6.45) is 12.1. The highest BCUT2D eigenvalue weighted by Crippen LogP contribution is 2.32. The molecular weight excluding hydrogens is 1410 g/mol. The Balaban J connectivity index is 0.000000121. The highest BCUT2D eigenvalue weighted by molar-refractivity contribution is 5.83. The minimum absolute atomic E-state index is 0.00892. The van der Waals surface area contributed by atoms with Crippen molar-refractivity contribution in [3.05, 3.63) is 383 Å². The van der Waals surface area contributed by atoms with Crippen molar-refractivity contribution < 1.29 is 36.5 Å². The molecule has 0 amide bonds.